The lowest BCUT2D eigenvalue weighted by atomic mass is 9.82. The molecule has 1 saturated heterocycles. The van der Waals surface area contributed by atoms with E-state index in [1.54, 1.807) is 48.5 Å². The van der Waals surface area contributed by atoms with Crippen molar-refractivity contribution in [2.75, 3.05) is 46.0 Å². The number of alkyl halides is 2. The Labute approximate surface area is 255 Å². The van der Waals surface area contributed by atoms with Gasteiger partial charge in [-0.05, 0) is 36.1 Å². The van der Waals surface area contributed by atoms with Crippen LogP contribution in [-0.2, 0) is 30.3 Å². The van der Waals surface area contributed by atoms with Crippen molar-refractivity contribution in [3.63, 3.8) is 0 Å². The zero-order valence-electron chi connectivity index (χ0n) is 24.3. The molecule has 12 heteroatoms. The molecular formula is C31H38ClF2N3O6. The number of Topliss-reactive ketones (excluding diaryl/α,β-unsaturated/α-hetero) is 2. The number of ether oxygens (including phenoxy) is 2. The summed E-state index contributed by atoms with van der Waals surface area (Å²) < 4.78 is 40.9. The van der Waals surface area contributed by atoms with Crippen molar-refractivity contribution in [2.45, 2.75) is 38.7 Å². The predicted octanol–water partition coefficient (Wildman–Crippen LogP) is 3.33. The number of rotatable bonds is 16. The maximum atomic E-state index is 15.1. The Morgan fingerprint density at radius 1 is 1.05 bits per heavy atom. The third-order valence-corrected chi connectivity index (χ3v) is 7.38. The van der Waals surface area contributed by atoms with Gasteiger partial charge in [-0.3, -0.25) is 24.1 Å². The van der Waals surface area contributed by atoms with Crippen molar-refractivity contribution >= 4 is 35.0 Å². The number of hydrogen-bond donors (Lipinski definition) is 2. The molecule has 234 valence electrons. The molecule has 2 atom stereocenters. The first-order chi connectivity index (χ1) is 20.5. The molecule has 2 amide bonds. The first-order valence-electron chi connectivity index (χ1n) is 14.2. The molecule has 0 aliphatic carbocycles. The fourth-order valence-corrected chi connectivity index (χ4v) is 4.82. The number of nitrogens with zero attached hydrogens (tertiary/aromatic N) is 1. The normalized spacial score (nSPS) is 15.4. The van der Waals surface area contributed by atoms with E-state index in [0.29, 0.717) is 49.2 Å². The number of ketones is 2. The van der Waals surface area contributed by atoms with Crippen molar-refractivity contribution in [2.24, 2.45) is 11.8 Å². The van der Waals surface area contributed by atoms with E-state index >= 15 is 8.78 Å². The van der Waals surface area contributed by atoms with E-state index < -0.39 is 60.2 Å². The maximum Gasteiger partial charge on any atom is 0.381 e. The standard InChI is InChI=1S/C31H38ClF2N3O6/c1-21(2)25(29(40)31(33,34)30(41)35-11-12-37-13-15-42-16-14-37)19-27(38)26(17-22-7-4-3-5-8-22)36-28(39)20-43-24-10-6-9-23(32)18-24/h3-10,18,21,25-26H,11-17,19-20H2,1-2H3,(H,35,41)(H,36,39)/t25-,26-/m0/s1. The van der Waals surface area contributed by atoms with Crippen molar-refractivity contribution in [1.29, 1.82) is 0 Å². The van der Waals surface area contributed by atoms with E-state index in [-0.39, 0.29) is 13.0 Å². The molecule has 0 spiro atoms. The molecule has 0 aromatic heterocycles. The van der Waals surface area contributed by atoms with Gasteiger partial charge in [0.25, 0.3) is 11.8 Å². The number of hydrogen-bond acceptors (Lipinski definition) is 7. The molecule has 3 rings (SSSR count). The number of amides is 2. The molecule has 2 N–H and O–H groups in total. The third-order valence-electron chi connectivity index (χ3n) is 7.15. The van der Waals surface area contributed by atoms with Crippen LogP contribution in [0.3, 0.4) is 0 Å². The predicted molar refractivity (Wildman–Crippen MR) is 157 cm³/mol. The molecule has 0 saturated carbocycles. The van der Waals surface area contributed by atoms with Crippen LogP contribution in [0, 0.1) is 11.8 Å². The van der Waals surface area contributed by atoms with Gasteiger partial charge in [-0.15, -0.1) is 0 Å². The largest absolute Gasteiger partial charge is 0.484 e. The highest BCUT2D eigenvalue weighted by Gasteiger charge is 2.51. The number of halogens is 3. The smallest absolute Gasteiger partial charge is 0.381 e. The summed E-state index contributed by atoms with van der Waals surface area (Å²) in [5.74, 6) is -10.7. The second-order valence-corrected chi connectivity index (χ2v) is 11.2. The molecule has 2 aromatic rings. The Bertz CT molecular complexity index is 1240. The lowest BCUT2D eigenvalue weighted by Gasteiger charge is -2.28. The van der Waals surface area contributed by atoms with E-state index in [0.717, 1.165) is 0 Å². The average Bonchev–Trinajstić information content (AvgIpc) is 2.99. The molecule has 0 bridgehead atoms. The molecule has 1 aliphatic heterocycles. The van der Waals surface area contributed by atoms with Crippen LogP contribution in [0.1, 0.15) is 25.8 Å². The zero-order chi connectivity index (χ0) is 31.4. The van der Waals surface area contributed by atoms with Gasteiger partial charge in [0, 0.05) is 43.5 Å². The van der Waals surface area contributed by atoms with E-state index in [9.17, 15) is 19.2 Å². The molecule has 1 aliphatic rings. The summed E-state index contributed by atoms with van der Waals surface area (Å²) in [5.41, 5.74) is 0.717. The van der Waals surface area contributed by atoms with Crippen LogP contribution in [0.5, 0.6) is 5.75 Å². The van der Waals surface area contributed by atoms with E-state index in [1.807, 2.05) is 4.90 Å². The molecule has 1 heterocycles. The summed E-state index contributed by atoms with van der Waals surface area (Å²) in [6, 6.07) is 14.2. The Hall–Kier alpha value is -3.41. The Morgan fingerprint density at radius 2 is 1.74 bits per heavy atom. The van der Waals surface area contributed by atoms with Crippen LogP contribution in [-0.4, -0.2) is 86.2 Å². The average molecular weight is 622 g/mol. The van der Waals surface area contributed by atoms with Gasteiger partial charge < -0.3 is 20.1 Å². The van der Waals surface area contributed by atoms with Crippen LogP contribution < -0.4 is 15.4 Å². The van der Waals surface area contributed by atoms with Gasteiger partial charge in [0.1, 0.15) is 5.75 Å². The highest BCUT2D eigenvalue weighted by molar-refractivity contribution is 6.30. The Balaban J connectivity index is 1.66. The van der Waals surface area contributed by atoms with Crippen LogP contribution in [0.15, 0.2) is 54.6 Å². The zero-order valence-corrected chi connectivity index (χ0v) is 25.1. The number of benzene rings is 2. The van der Waals surface area contributed by atoms with Gasteiger partial charge in [0.2, 0.25) is 5.78 Å². The van der Waals surface area contributed by atoms with Crippen LogP contribution >= 0.6 is 11.6 Å². The SMILES string of the molecule is CC(C)[C@H](CC(=O)[C@H](Cc1ccccc1)NC(=O)COc1cccc(Cl)c1)C(=O)C(F)(F)C(=O)NCCN1CCOCC1. The van der Waals surface area contributed by atoms with Gasteiger partial charge >= 0.3 is 5.92 Å². The number of nitrogens with one attached hydrogen (secondary N) is 2. The summed E-state index contributed by atoms with van der Waals surface area (Å²) in [5, 5.41) is 5.19. The fourth-order valence-electron chi connectivity index (χ4n) is 4.64. The van der Waals surface area contributed by atoms with Gasteiger partial charge in [-0.25, -0.2) is 0 Å². The van der Waals surface area contributed by atoms with Gasteiger partial charge in [0.15, 0.2) is 12.4 Å². The second-order valence-electron chi connectivity index (χ2n) is 10.7. The van der Waals surface area contributed by atoms with Gasteiger partial charge in [-0.1, -0.05) is 61.8 Å². The number of carbonyl (C=O) groups excluding carboxylic acids is 4. The lowest BCUT2D eigenvalue weighted by molar-refractivity contribution is -0.162. The second kappa shape index (κ2) is 16.4. The summed E-state index contributed by atoms with van der Waals surface area (Å²) in [7, 11) is 0. The summed E-state index contributed by atoms with van der Waals surface area (Å²) >= 11 is 5.95. The molecule has 43 heavy (non-hydrogen) atoms. The molecular weight excluding hydrogens is 584 g/mol. The minimum Gasteiger partial charge on any atom is -0.484 e. The van der Waals surface area contributed by atoms with E-state index in [4.69, 9.17) is 21.1 Å². The highest BCUT2D eigenvalue weighted by atomic mass is 35.5. The number of carbonyl (C=O) groups is 4. The topological polar surface area (TPSA) is 114 Å². The van der Waals surface area contributed by atoms with Crippen molar-refractivity contribution in [3.8, 4) is 5.75 Å². The maximum absolute atomic E-state index is 15.1. The molecule has 9 nitrogen and oxygen atoms in total. The van der Waals surface area contributed by atoms with Crippen molar-refractivity contribution in [3.05, 3.63) is 65.2 Å². The highest BCUT2D eigenvalue weighted by Crippen LogP contribution is 2.28. The number of morpholine rings is 1. The van der Waals surface area contributed by atoms with Crippen molar-refractivity contribution < 1.29 is 37.4 Å². The van der Waals surface area contributed by atoms with Crippen molar-refractivity contribution in [1.82, 2.24) is 15.5 Å². The lowest BCUT2D eigenvalue weighted by Crippen LogP contribution is -2.52. The monoisotopic (exact) mass is 621 g/mol. The Morgan fingerprint density at radius 3 is 2.40 bits per heavy atom. The summed E-state index contributed by atoms with van der Waals surface area (Å²) in [6.07, 6.45) is -0.514. The van der Waals surface area contributed by atoms with Gasteiger partial charge in [0.05, 0.1) is 19.3 Å². The van der Waals surface area contributed by atoms with E-state index in [2.05, 4.69) is 10.6 Å². The quantitative estimate of drug-likeness (QED) is 0.277. The minimum atomic E-state index is -4.33. The van der Waals surface area contributed by atoms with Gasteiger partial charge in [-0.2, -0.15) is 8.78 Å². The van der Waals surface area contributed by atoms with Crippen LogP contribution in [0.2, 0.25) is 5.02 Å². The summed E-state index contributed by atoms with van der Waals surface area (Å²) in [4.78, 5) is 53.6. The minimum absolute atomic E-state index is 0.0601. The van der Waals surface area contributed by atoms with E-state index in [1.165, 1.54) is 19.9 Å². The molecule has 0 unspecified atom stereocenters. The first kappa shape index (κ1) is 34.1. The van der Waals surface area contributed by atoms with Crippen LogP contribution in [0.4, 0.5) is 8.78 Å². The molecule has 1 fully saturated rings. The fraction of sp³-hybridized carbons (Fsp3) is 0.484. The summed E-state index contributed by atoms with van der Waals surface area (Å²) in [6.45, 7) is 5.21. The third kappa shape index (κ3) is 10.7. The van der Waals surface area contributed by atoms with Crippen LogP contribution in [0.25, 0.3) is 0 Å². The first-order valence-corrected chi connectivity index (χ1v) is 14.6. The molecule has 0 radical (unpaired) electrons. The molecule has 2 aromatic carbocycles. The Kier molecular flexibility index (Phi) is 13.0.